The van der Waals surface area contributed by atoms with Crippen molar-refractivity contribution in [1.29, 1.82) is 0 Å². The molecule has 182 valence electrons. The number of nitro benzene ring substituents is 2. The van der Waals surface area contributed by atoms with Gasteiger partial charge in [-0.25, -0.2) is 14.1 Å². The summed E-state index contributed by atoms with van der Waals surface area (Å²) < 4.78 is 4.56. The second kappa shape index (κ2) is 11.1. The van der Waals surface area contributed by atoms with Crippen molar-refractivity contribution in [2.24, 2.45) is 17.3 Å². The van der Waals surface area contributed by atoms with E-state index in [9.17, 15) is 20.2 Å². The lowest BCUT2D eigenvalue weighted by Gasteiger charge is -2.22. The molecule has 0 bridgehead atoms. The van der Waals surface area contributed by atoms with Crippen LogP contribution in [0.4, 0.5) is 27.9 Å². The highest BCUT2D eigenvalue weighted by atomic mass is 79.9. The Morgan fingerprint density at radius 1 is 1.11 bits per heavy atom. The van der Waals surface area contributed by atoms with Crippen LogP contribution in [0.3, 0.4) is 0 Å². The zero-order valence-electron chi connectivity index (χ0n) is 18.8. The maximum absolute atomic E-state index is 11.1. The zero-order valence-corrected chi connectivity index (χ0v) is 21.2. The van der Waals surface area contributed by atoms with Gasteiger partial charge < -0.3 is 21.9 Å². The molecule has 2 aromatic heterocycles. The van der Waals surface area contributed by atoms with Gasteiger partial charge in [-0.2, -0.15) is 0 Å². The molecule has 0 amide bonds. The van der Waals surface area contributed by atoms with Gasteiger partial charge in [0, 0.05) is 18.3 Å². The van der Waals surface area contributed by atoms with Crippen LogP contribution in [0.25, 0.3) is 10.2 Å². The number of nitro groups is 2. The van der Waals surface area contributed by atoms with E-state index in [2.05, 4.69) is 31.6 Å². The fourth-order valence-corrected chi connectivity index (χ4v) is 4.25. The maximum atomic E-state index is 11.1. The molecule has 14 heteroatoms. The quantitative estimate of drug-likeness (QED) is 0.132. The van der Waals surface area contributed by atoms with Gasteiger partial charge in [0.15, 0.2) is 0 Å². The lowest BCUT2D eigenvalue weighted by atomic mass is 10.2. The fourth-order valence-electron chi connectivity index (χ4n) is 3.45. The van der Waals surface area contributed by atoms with Gasteiger partial charge in [-0.1, -0.05) is 11.3 Å². The van der Waals surface area contributed by atoms with Crippen LogP contribution >= 0.6 is 11.3 Å². The molecule has 0 aliphatic carbocycles. The molecule has 0 saturated heterocycles. The number of aryl methyl sites for hydroxylation is 1. The molecule has 0 unspecified atom stereocenters. The zero-order chi connectivity index (χ0) is 24.2. The molecule has 4 aromatic rings. The van der Waals surface area contributed by atoms with Gasteiger partial charge in [-0.15, -0.1) is 10.2 Å². The number of likely N-dealkylation sites (N-methyl/N-ethyl adjacent to an activating group) is 1. The molecule has 2 heterocycles. The van der Waals surface area contributed by atoms with Crippen LogP contribution in [0.15, 0.2) is 65.3 Å². The second-order valence-corrected chi connectivity index (χ2v) is 8.44. The van der Waals surface area contributed by atoms with Crippen LogP contribution in [-0.2, 0) is 13.6 Å². The van der Waals surface area contributed by atoms with Gasteiger partial charge in [0.25, 0.3) is 0 Å². The van der Waals surface area contributed by atoms with Crippen LogP contribution in [-0.4, -0.2) is 32.5 Å². The average molecular weight is 561 g/mol. The Bertz CT molecular complexity index is 1330. The van der Waals surface area contributed by atoms with E-state index >= 15 is 0 Å². The summed E-state index contributed by atoms with van der Waals surface area (Å²) in [6.07, 6.45) is 6.08. The lowest BCUT2D eigenvalue weighted by molar-refractivity contribution is -0.671. The molecule has 4 rings (SSSR count). The molecule has 0 spiro atoms. The van der Waals surface area contributed by atoms with Gasteiger partial charge in [0.05, 0.1) is 45.4 Å². The number of aromatic nitrogens is 3. The molecule has 0 saturated carbocycles. The first-order valence-electron chi connectivity index (χ1n) is 10.3. The third kappa shape index (κ3) is 6.02. The van der Waals surface area contributed by atoms with Crippen LogP contribution in [0, 0.1) is 20.2 Å². The highest BCUT2D eigenvalue weighted by Crippen LogP contribution is 2.37. The lowest BCUT2D eigenvalue weighted by Crippen LogP contribution is -3.00. The van der Waals surface area contributed by atoms with E-state index < -0.39 is 21.2 Å². The molecular formula is C21H21BrN8O4S. The Labute approximate surface area is 214 Å². The molecule has 0 N–H and O–H groups in total. The van der Waals surface area contributed by atoms with Crippen LogP contribution < -0.4 is 26.4 Å². The maximum Gasteiger partial charge on any atom is 0.348 e. The van der Waals surface area contributed by atoms with E-state index in [-0.39, 0.29) is 27.6 Å². The van der Waals surface area contributed by atoms with Gasteiger partial charge in [-0.05, 0) is 31.2 Å². The number of nitrogens with zero attached hydrogens (tertiary/aromatic N) is 8. The Morgan fingerprint density at radius 2 is 1.80 bits per heavy atom. The third-order valence-electron chi connectivity index (χ3n) is 5.17. The van der Waals surface area contributed by atoms with E-state index in [4.69, 9.17) is 0 Å². The number of rotatable bonds is 9. The smallest absolute Gasteiger partial charge is 0.348 e. The highest BCUT2D eigenvalue weighted by molar-refractivity contribution is 7.22. The topological polar surface area (TPSA) is 136 Å². The van der Waals surface area contributed by atoms with Gasteiger partial charge >= 0.3 is 11.4 Å². The van der Waals surface area contributed by atoms with Crippen LogP contribution in [0.5, 0.6) is 0 Å². The van der Waals surface area contributed by atoms with E-state index in [0.29, 0.717) is 10.4 Å². The molecule has 0 aliphatic rings. The number of azo groups is 1. The van der Waals surface area contributed by atoms with E-state index in [1.807, 2.05) is 54.6 Å². The Balaban J connectivity index is 0.00000342. The Kier molecular flexibility index (Phi) is 8.19. The Hall–Kier alpha value is -3.78. The first-order chi connectivity index (χ1) is 16.3. The summed E-state index contributed by atoms with van der Waals surface area (Å²) >= 11 is 1.08. The van der Waals surface area contributed by atoms with Crippen molar-refractivity contribution >= 4 is 49.4 Å². The number of thiazole rings is 1. The van der Waals surface area contributed by atoms with Crippen LogP contribution in [0.1, 0.15) is 6.92 Å². The Morgan fingerprint density at radius 3 is 2.40 bits per heavy atom. The summed E-state index contributed by atoms with van der Waals surface area (Å²) in [6, 6.07) is 9.87. The van der Waals surface area contributed by atoms with Crippen molar-refractivity contribution in [3.8, 4) is 0 Å². The third-order valence-corrected chi connectivity index (χ3v) is 6.07. The van der Waals surface area contributed by atoms with Gasteiger partial charge in [0.2, 0.25) is 11.5 Å². The van der Waals surface area contributed by atoms with Crippen LogP contribution in [0.2, 0.25) is 0 Å². The van der Waals surface area contributed by atoms with E-state index in [1.54, 1.807) is 0 Å². The normalized spacial score (nSPS) is 11.0. The highest BCUT2D eigenvalue weighted by Gasteiger charge is 2.26. The number of hydrogen-bond acceptors (Lipinski definition) is 9. The van der Waals surface area contributed by atoms with Gasteiger partial charge in [0.1, 0.15) is 18.9 Å². The minimum atomic E-state index is -0.794. The van der Waals surface area contributed by atoms with Crippen molar-refractivity contribution in [1.82, 2.24) is 9.55 Å². The molecule has 2 aromatic carbocycles. The predicted octanol–water partition coefficient (Wildman–Crippen LogP) is 1.68. The molecule has 35 heavy (non-hydrogen) atoms. The summed E-state index contributed by atoms with van der Waals surface area (Å²) in [6.45, 7) is 4.68. The average Bonchev–Trinajstić information content (AvgIpc) is 3.42. The first kappa shape index (κ1) is 25.8. The van der Waals surface area contributed by atoms with Crippen molar-refractivity contribution in [3.63, 3.8) is 0 Å². The largest absolute Gasteiger partial charge is 1.00 e. The van der Waals surface area contributed by atoms with E-state index in [1.165, 1.54) is 0 Å². The number of anilines is 1. The molecular weight excluding hydrogens is 540 g/mol. The summed E-state index contributed by atoms with van der Waals surface area (Å²) in [7, 11) is 1.99. The number of halogens is 1. The first-order valence-corrected chi connectivity index (χ1v) is 11.2. The van der Waals surface area contributed by atoms with Gasteiger partial charge in [-0.3, -0.25) is 20.2 Å². The standard InChI is InChI=1S/C21H21N8O4S.BrH/c1-3-27(11-10-26-9-8-25(2)14-26)16-6-4-15(5-7-16)23-24-21-22-17-12-18(28(30)31)19(29(32)33)13-20(17)34-21;/h4-9,12-14H,3,10-11H2,1-2H3;1H/q+1;/p-1/b24-23+;. The summed E-state index contributed by atoms with van der Waals surface area (Å²) in [4.78, 5) is 27.2. The monoisotopic (exact) mass is 560 g/mol. The summed E-state index contributed by atoms with van der Waals surface area (Å²) in [5, 5.41) is 30.8. The summed E-state index contributed by atoms with van der Waals surface area (Å²) in [5.41, 5.74) is 0.770. The van der Waals surface area contributed by atoms with Crippen molar-refractivity contribution in [2.45, 2.75) is 13.5 Å². The molecule has 0 aliphatic heterocycles. The number of fused-ring (bicyclic) bond motifs is 1. The fraction of sp³-hybridized carbons (Fsp3) is 0.238. The van der Waals surface area contributed by atoms with Crippen molar-refractivity contribution in [3.05, 3.63) is 75.3 Å². The molecule has 12 nitrogen and oxygen atoms in total. The second-order valence-electron chi connectivity index (χ2n) is 7.43. The van der Waals surface area contributed by atoms with Crippen molar-refractivity contribution in [2.75, 3.05) is 18.0 Å². The number of imidazole rings is 1. The minimum absolute atomic E-state index is 0. The molecule has 0 atom stereocenters. The van der Waals surface area contributed by atoms with E-state index in [0.717, 1.165) is 48.8 Å². The molecule has 0 radical (unpaired) electrons. The molecule has 0 fully saturated rings. The SMILES string of the molecule is CCN(CCn1cc[n+](C)c1)c1ccc(/N=N/c2nc3cc([N+](=O)[O-])c([N+](=O)[O-])cc3s2)cc1.[Br-]. The number of benzene rings is 2. The number of hydrogen-bond donors (Lipinski definition) is 0. The summed E-state index contributed by atoms with van der Waals surface area (Å²) in [5.74, 6) is 0. The predicted molar refractivity (Wildman–Crippen MR) is 127 cm³/mol. The minimum Gasteiger partial charge on any atom is -1.00 e. The van der Waals surface area contributed by atoms with Crippen molar-refractivity contribution < 1.29 is 31.4 Å².